The van der Waals surface area contributed by atoms with Crippen LogP contribution in [0.15, 0.2) is 0 Å². The van der Waals surface area contributed by atoms with Crippen molar-refractivity contribution in [3.8, 4) is 0 Å². The second-order valence-electron chi connectivity index (χ2n) is 4.81. The van der Waals surface area contributed by atoms with Gasteiger partial charge in [0.25, 0.3) is 0 Å². The average Bonchev–Trinajstić information content (AvgIpc) is 1.83. The summed E-state index contributed by atoms with van der Waals surface area (Å²) in [7, 11) is 0. The highest BCUT2D eigenvalue weighted by Crippen LogP contribution is 2.46. The molecular weight excluding hydrogens is 132 g/mol. The summed E-state index contributed by atoms with van der Waals surface area (Å²) in [5.41, 5.74) is 0.545. The Morgan fingerprint density at radius 2 is 1.55 bits per heavy atom. The Kier molecular flexibility index (Phi) is 3.16. The first-order valence-electron chi connectivity index (χ1n) is 4.61. The van der Waals surface area contributed by atoms with Gasteiger partial charge in [0.2, 0.25) is 0 Å². The van der Waals surface area contributed by atoms with E-state index in [0.717, 1.165) is 0 Å². The van der Waals surface area contributed by atoms with E-state index < -0.39 is 0 Å². The second-order valence-corrected chi connectivity index (χ2v) is 4.81. The predicted molar refractivity (Wildman–Crippen MR) is 52.4 cm³/mol. The summed E-state index contributed by atoms with van der Waals surface area (Å²) in [6, 6.07) is 0. The first kappa shape index (κ1) is 11.0. The molecule has 0 spiro atoms. The van der Waals surface area contributed by atoms with Crippen molar-refractivity contribution in [3.05, 3.63) is 6.92 Å². The quantitative estimate of drug-likeness (QED) is 0.579. The molecule has 0 aliphatic rings. The molecule has 0 N–H and O–H groups in total. The molecule has 0 rings (SSSR count). The van der Waals surface area contributed by atoms with E-state index in [4.69, 9.17) is 0 Å². The summed E-state index contributed by atoms with van der Waals surface area (Å²) in [5, 5.41) is 0. The molecule has 0 heteroatoms. The minimum atomic E-state index is 0.177. The fraction of sp³-hybridized carbons (Fsp3) is 0.909. The summed E-state index contributed by atoms with van der Waals surface area (Å²) < 4.78 is 0. The van der Waals surface area contributed by atoms with Gasteiger partial charge in [0.15, 0.2) is 0 Å². The van der Waals surface area contributed by atoms with Gasteiger partial charge in [-0.05, 0) is 30.1 Å². The van der Waals surface area contributed by atoms with Gasteiger partial charge in [0, 0.05) is 0 Å². The van der Waals surface area contributed by atoms with Crippen LogP contribution in [-0.4, -0.2) is 0 Å². The van der Waals surface area contributed by atoms with E-state index in [1.165, 1.54) is 6.42 Å². The highest BCUT2D eigenvalue weighted by Gasteiger charge is 2.38. The molecule has 0 bridgehead atoms. The van der Waals surface area contributed by atoms with Crippen molar-refractivity contribution < 1.29 is 0 Å². The maximum Gasteiger partial charge on any atom is -0.0254 e. The van der Waals surface area contributed by atoms with Gasteiger partial charge < -0.3 is 0 Å². The first-order chi connectivity index (χ1) is 4.75. The Balaban J connectivity index is 4.61. The van der Waals surface area contributed by atoms with Crippen LogP contribution >= 0.6 is 0 Å². The topological polar surface area (TPSA) is 0 Å². The Morgan fingerprint density at radius 1 is 1.18 bits per heavy atom. The molecule has 0 aromatic carbocycles. The minimum Gasteiger partial charge on any atom is -0.0648 e. The van der Waals surface area contributed by atoms with Gasteiger partial charge in [-0.1, -0.05) is 41.5 Å². The molecule has 1 atom stereocenters. The van der Waals surface area contributed by atoms with E-state index in [1.807, 2.05) is 0 Å². The molecule has 0 nitrogen and oxygen atoms in total. The van der Waals surface area contributed by atoms with Crippen LogP contribution in [0.25, 0.3) is 0 Å². The van der Waals surface area contributed by atoms with Gasteiger partial charge in [-0.25, -0.2) is 0 Å². The zero-order chi connectivity index (χ0) is 9.28. The molecule has 67 valence electrons. The van der Waals surface area contributed by atoms with E-state index in [9.17, 15) is 0 Å². The van der Waals surface area contributed by atoms with Gasteiger partial charge >= 0.3 is 0 Å². The first-order valence-corrected chi connectivity index (χ1v) is 4.61. The molecule has 0 aromatic rings. The molecule has 0 aliphatic heterocycles. The summed E-state index contributed by atoms with van der Waals surface area (Å²) in [4.78, 5) is 0. The highest BCUT2D eigenvalue weighted by molar-refractivity contribution is 4.92. The van der Waals surface area contributed by atoms with Crippen molar-refractivity contribution >= 4 is 0 Å². The molecule has 0 saturated carbocycles. The lowest BCUT2D eigenvalue weighted by Gasteiger charge is -2.45. The van der Waals surface area contributed by atoms with Gasteiger partial charge in [0.05, 0.1) is 0 Å². The third kappa shape index (κ3) is 1.98. The standard InChI is InChI=1S/C11H23/c1-8-11(7,9(2)3)10(4,5)6/h9H,4,8H2,1-3,5-7H3. The van der Waals surface area contributed by atoms with E-state index in [-0.39, 0.29) is 5.41 Å². The number of hydrogen-bond acceptors (Lipinski definition) is 0. The zero-order valence-corrected chi connectivity index (χ0v) is 8.99. The minimum absolute atomic E-state index is 0.177. The van der Waals surface area contributed by atoms with Gasteiger partial charge in [-0.3, -0.25) is 0 Å². The Hall–Kier alpha value is 0. The van der Waals surface area contributed by atoms with Crippen molar-refractivity contribution in [3.63, 3.8) is 0 Å². The van der Waals surface area contributed by atoms with Crippen LogP contribution in [0.4, 0.5) is 0 Å². The van der Waals surface area contributed by atoms with Crippen LogP contribution in [0.2, 0.25) is 0 Å². The van der Waals surface area contributed by atoms with Crippen LogP contribution in [0.5, 0.6) is 0 Å². The summed E-state index contributed by atoms with van der Waals surface area (Å²) >= 11 is 0. The lowest BCUT2D eigenvalue weighted by Crippen LogP contribution is -2.37. The van der Waals surface area contributed by atoms with Crippen molar-refractivity contribution in [1.29, 1.82) is 0 Å². The molecule has 11 heavy (non-hydrogen) atoms. The number of hydrogen-bond donors (Lipinski definition) is 0. The molecule has 0 aliphatic carbocycles. The Morgan fingerprint density at radius 3 is 1.55 bits per heavy atom. The van der Waals surface area contributed by atoms with Crippen molar-refractivity contribution in [1.82, 2.24) is 0 Å². The van der Waals surface area contributed by atoms with Crippen molar-refractivity contribution in [2.75, 3.05) is 0 Å². The third-order valence-corrected chi connectivity index (χ3v) is 3.55. The van der Waals surface area contributed by atoms with Gasteiger partial charge in [-0.15, -0.1) is 0 Å². The SMILES string of the molecule is [CH2]C(C)(C)C(C)(CC)C(C)C. The fourth-order valence-corrected chi connectivity index (χ4v) is 1.67. The molecule has 0 amide bonds. The van der Waals surface area contributed by atoms with E-state index in [0.29, 0.717) is 11.3 Å². The summed E-state index contributed by atoms with van der Waals surface area (Å²) in [6.45, 7) is 17.9. The van der Waals surface area contributed by atoms with Crippen molar-refractivity contribution in [2.24, 2.45) is 16.7 Å². The Bertz CT molecular complexity index is 116. The Labute approximate surface area is 72.4 Å². The third-order valence-electron chi connectivity index (χ3n) is 3.55. The zero-order valence-electron chi connectivity index (χ0n) is 8.99. The molecule has 1 radical (unpaired) electrons. The van der Waals surface area contributed by atoms with Crippen molar-refractivity contribution in [2.45, 2.75) is 48.0 Å². The second kappa shape index (κ2) is 3.16. The summed E-state index contributed by atoms with van der Waals surface area (Å²) in [5.74, 6) is 0.708. The van der Waals surface area contributed by atoms with Gasteiger partial charge in [-0.2, -0.15) is 0 Å². The molecular formula is C11H23. The maximum absolute atomic E-state index is 4.23. The largest absolute Gasteiger partial charge is 0.0648 e. The monoisotopic (exact) mass is 155 g/mol. The normalized spacial score (nSPS) is 18.5. The maximum atomic E-state index is 4.23. The van der Waals surface area contributed by atoms with E-state index in [2.05, 4.69) is 48.5 Å². The predicted octanol–water partition coefficient (Wildman–Crippen LogP) is 3.92. The van der Waals surface area contributed by atoms with Crippen LogP contribution in [0, 0.1) is 23.7 Å². The number of rotatable bonds is 3. The highest BCUT2D eigenvalue weighted by atomic mass is 14.4. The lowest BCUT2D eigenvalue weighted by atomic mass is 9.60. The molecule has 0 saturated heterocycles. The van der Waals surface area contributed by atoms with Crippen LogP contribution in [-0.2, 0) is 0 Å². The summed E-state index contributed by atoms with van der Waals surface area (Å²) in [6.07, 6.45) is 1.21. The molecule has 0 aromatic heterocycles. The fourth-order valence-electron chi connectivity index (χ4n) is 1.67. The van der Waals surface area contributed by atoms with Gasteiger partial charge in [0.1, 0.15) is 0 Å². The molecule has 1 unspecified atom stereocenters. The van der Waals surface area contributed by atoms with E-state index in [1.54, 1.807) is 0 Å². The smallest absolute Gasteiger partial charge is 0.0254 e. The van der Waals surface area contributed by atoms with Crippen LogP contribution in [0.1, 0.15) is 48.0 Å². The van der Waals surface area contributed by atoms with Crippen LogP contribution in [0.3, 0.4) is 0 Å². The van der Waals surface area contributed by atoms with E-state index >= 15 is 0 Å². The molecule has 0 fully saturated rings. The average molecular weight is 155 g/mol. The molecule has 0 heterocycles. The lowest BCUT2D eigenvalue weighted by molar-refractivity contribution is 0.0690. The van der Waals surface area contributed by atoms with Crippen LogP contribution < -0.4 is 0 Å².